The van der Waals surface area contributed by atoms with Crippen LogP contribution in [0, 0.1) is 5.92 Å². The van der Waals surface area contributed by atoms with E-state index in [0.717, 1.165) is 37.1 Å². The average Bonchev–Trinajstić information content (AvgIpc) is 3.69. The van der Waals surface area contributed by atoms with Crippen molar-refractivity contribution >= 4 is 64.2 Å². The van der Waals surface area contributed by atoms with Crippen molar-refractivity contribution in [3.63, 3.8) is 0 Å². The van der Waals surface area contributed by atoms with Gasteiger partial charge in [0.15, 0.2) is 0 Å². The third-order valence-corrected chi connectivity index (χ3v) is 12.3. The highest BCUT2D eigenvalue weighted by molar-refractivity contribution is 7.09. The van der Waals surface area contributed by atoms with Gasteiger partial charge in [-0.3, -0.25) is 19.5 Å². The lowest BCUT2D eigenvalue weighted by atomic mass is 9.73. The van der Waals surface area contributed by atoms with E-state index in [0.29, 0.717) is 63.4 Å². The van der Waals surface area contributed by atoms with E-state index in [-0.39, 0.29) is 45.3 Å². The summed E-state index contributed by atoms with van der Waals surface area (Å²) in [5.74, 6) is -3.65. The molecule has 2 unspecified atom stereocenters. The van der Waals surface area contributed by atoms with Crippen LogP contribution in [0.1, 0.15) is 89.1 Å². The molecular formula is C40H53Cl2N5O7S. The first-order valence-electron chi connectivity index (χ1n) is 19.0. The molecule has 2 atom stereocenters. The lowest BCUT2D eigenvalue weighted by Gasteiger charge is -2.51. The smallest absolute Gasteiger partial charge is 0.410 e. The average molecular weight is 819 g/mol. The molecule has 55 heavy (non-hydrogen) atoms. The van der Waals surface area contributed by atoms with Crippen LogP contribution in [0.2, 0.25) is 10.0 Å². The van der Waals surface area contributed by atoms with Gasteiger partial charge in [0, 0.05) is 84.5 Å². The lowest BCUT2D eigenvalue weighted by Crippen LogP contribution is -2.63. The van der Waals surface area contributed by atoms with E-state index >= 15 is 0 Å². The summed E-state index contributed by atoms with van der Waals surface area (Å²) in [7, 11) is 2.53. The highest BCUT2D eigenvalue weighted by atomic mass is 35.5. The fourth-order valence-electron chi connectivity index (χ4n) is 8.13. The third-order valence-electron chi connectivity index (χ3n) is 10.8. The number of piperazine rings is 1. The first-order chi connectivity index (χ1) is 26.2. The number of aliphatic imine (C=N–C) groups is 1. The van der Waals surface area contributed by atoms with Gasteiger partial charge in [-0.15, -0.1) is 11.3 Å². The minimum absolute atomic E-state index is 0.0424. The maximum atomic E-state index is 14.3. The number of rotatable bonds is 12. The second kappa shape index (κ2) is 18.6. The van der Waals surface area contributed by atoms with Gasteiger partial charge in [-0.05, 0) is 64.7 Å². The van der Waals surface area contributed by atoms with Crippen molar-refractivity contribution in [3.8, 4) is 0 Å². The number of benzene rings is 1. The van der Waals surface area contributed by atoms with Crippen molar-refractivity contribution in [3.05, 3.63) is 61.7 Å². The Balaban J connectivity index is 1.44. The topological polar surface area (TPSA) is 131 Å². The number of ether oxygens (including phenoxy) is 3. The van der Waals surface area contributed by atoms with Crippen molar-refractivity contribution < 1.29 is 33.4 Å². The van der Waals surface area contributed by atoms with Crippen LogP contribution in [-0.4, -0.2) is 114 Å². The number of hydrogen-bond donors (Lipinski definition) is 0. The minimum atomic E-state index is -1.06. The molecule has 300 valence electrons. The molecule has 0 radical (unpaired) electrons. The highest BCUT2D eigenvalue weighted by Crippen LogP contribution is 2.47. The molecule has 0 N–H and O–H groups in total. The molecule has 2 aromatic rings. The Morgan fingerprint density at radius 1 is 0.982 bits per heavy atom. The molecule has 0 bridgehead atoms. The van der Waals surface area contributed by atoms with E-state index in [4.69, 9.17) is 42.4 Å². The fraction of sp³-hybridized carbons (Fsp3) is 0.600. The first kappa shape index (κ1) is 42.6. The fourth-order valence-corrected chi connectivity index (χ4v) is 9.38. The SMILES string of the molecule is CCN(CC1(N2CCN(C(=O)CC3=C(C(=O)OC)C(c4c(Cl)cccc4Cl)C(C(=O)OC)C(CCc4nccs4)=N3)CC2)CCCCC1)C(=O)OC(C)(C)C. The maximum absolute atomic E-state index is 14.3. The minimum Gasteiger partial charge on any atom is -0.468 e. The Kier molecular flexibility index (Phi) is 14.4. The number of thiazole rings is 1. The molecule has 1 aromatic heterocycles. The molecule has 1 saturated heterocycles. The monoisotopic (exact) mass is 817 g/mol. The molecule has 2 amide bonds. The normalized spacial score (nSPS) is 20.4. The maximum Gasteiger partial charge on any atom is 0.410 e. The summed E-state index contributed by atoms with van der Waals surface area (Å²) in [6.07, 6.45) is 7.21. The number of likely N-dealkylation sites (N-methyl/N-ethyl adjacent to an activating group) is 1. The van der Waals surface area contributed by atoms with Crippen molar-refractivity contribution in [2.45, 2.75) is 96.1 Å². The van der Waals surface area contributed by atoms with Gasteiger partial charge in [0.2, 0.25) is 5.91 Å². The van der Waals surface area contributed by atoms with Gasteiger partial charge in [-0.1, -0.05) is 48.5 Å². The molecule has 0 spiro atoms. The van der Waals surface area contributed by atoms with Crippen LogP contribution in [0.4, 0.5) is 4.79 Å². The van der Waals surface area contributed by atoms with Crippen LogP contribution in [0.25, 0.3) is 0 Å². The molecule has 2 fully saturated rings. The summed E-state index contributed by atoms with van der Waals surface area (Å²) < 4.78 is 16.3. The molecule has 15 heteroatoms. The van der Waals surface area contributed by atoms with Crippen LogP contribution in [0.3, 0.4) is 0 Å². The summed E-state index contributed by atoms with van der Waals surface area (Å²) in [6.45, 7) is 10.9. The summed E-state index contributed by atoms with van der Waals surface area (Å²) in [5.41, 5.74) is 0.227. The second-order valence-corrected chi connectivity index (χ2v) is 17.1. The molecule has 1 aliphatic carbocycles. The van der Waals surface area contributed by atoms with E-state index < -0.39 is 29.4 Å². The summed E-state index contributed by atoms with van der Waals surface area (Å²) >= 11 is 15.0. The number of amides is 2. The van der Waals surface area contributed by atoms with Crippen molar-refractivity contribution in [2.24, 2.45) is 10.9 Å². The number of carbonyl (C=O) groups is 4. The van der Waals surface area contributed by atoms with E-state index in [1.807, 2.05) is 38.0 Å². The van der Waals surface area contributed by atoms with Crippen LogP contribution < -0.4 is 0 Å². The van der Waals surface area contributed by atoms with Crippen molar-refractivity contribution in [1.29, 1.82) is 0 Å². The standard InChI is InChI=1S/C40H53Cl2N5O7S/c1-7-45(38(51)54-39(2,3)4)25-40(16-9-8-10-17-40)47-21-19-46(20-22-47)31(48)24-29-34(37(50)53-6)35(32-26(41)12-11-13-27(32)42)33(36(49)52-5)28(44-29)14-15-30-43-18-23-55-30/h11-13,18,23,33,35H,7-10,14-17,19-22,24-25H2,1-6H3. The zero-order valence-electron chi connectivity index (χ0n) is 32.7. The second-order valence-electron chi connectivity index (χ2n) is 15.3. The Hall–Kier alpha value is -3.52. The quantitative estimate of drug-likeness (QED) is 0.160. The Bertz CT molecular complexity index is 1740. The number of aryl methyl sites for hydroxylation is 1. The molecule has 12 nitrogen and oxygen atoms in total. The molecule has 1 saturated carbocycles. The molecule has 3 heterocycles. The summed E-state index contributed by atoms with van der Waals surface area (Å²) in [6, 6.07) is 4.97. The van der Waals surface area contributed by atoms with Gasteiger partial charge in [-0.2, -0.15) is 0 Å². The lowest BCUT2D eigenvalue weighted by molar-refractivity contribution is -0.143. The number of methoxy groups -OCH3 is 2. The summed E-state index contributed by atoms with van der Waals surface area (Å²) in [5, 5.41) is 3.22. The largest absolute Gasteiger partial charge is 0.468 e. The van der Waals surface area contributed by atoms with E-state index in [1.165, 1.54) is 25.6 Å². The van der Waals surface area contributed by atoms with Gasteiger partial charge in [0.25, 0.3) is 0 Å². The number of aromatic nitrogens is 1. The molecule has 1 aromatic carbocycles. The molecule has 3 aliphatic rings. The zero-order chi connectivity index (χ0) is 39.9. The number of hydrogen-bond acceptors (Lipinski definition) is 11. The molecular weight excluding hydrogens is 765 g/mol. The highest BCUT2D eigenvalue weighted by Gasteiger charge is 2.47. The van der Waals surface area contributed by atoms with Crippen molar-refractivity contribution in [1.82, 2.24) is 19.7 Å². The summed E-state index contributed by atoms with van der Waals surface area (Å²) in [4.78, 5) is 70.3. The first-order valence-corrected chi connectivity index (χ1v) is 20.6. The molecule has 2 aliphatic heterocycles. The Labute approximate surface area is 338 Å². The van der Waals surface area contributed by atoms with E-state index in [9.17, 15) is 19.2 Å². The Morgan fingerprint density at radius 3 is 2.22 bits per heavy atom. The van der Waals surface area contributed by atoms with Gasteiger partial charge in [0.05, 0.1) is 36.9 Å². The van der Waals surface area contributed by atoms with Crippen LogP contribution in [0.15, 0.2) is 46.0 Å². The Morgan fingerprint density at radius 2 is 1.65 bits per heavy atom. The van der Waals surface area contributed by atoms with Gasteiger partial charge in [0.1, 0.15) is 11.5 Å². The number of carbonyl (C=O) groups excluding carboxylic acids is 4. The predicted molar refractivity (Wildman–Crippen MR) is 214 cm³/mol. The third kappa shape index (κ3) is 10.1. The van der Waals surface area contributed by atoms with Gasteiger partial charge >= 0.3 is 18.0 Å². The predicted octanol–water partition coefficient (Wildman–Crippen LogP) is 7.33. The van der Waals surface area contributed by atoms with Crippen LogP contribution in [0.5, 0.6) is 0 Å². The van der Waals surface area contributed by atoms with Crippen molar-refractivity contribution in [2.75, 3.05) is 53.5 Å². The number of nitrogens with zero attached hydrogens (tertiary/aromatic N) is 5. The van der Waals surface area contributed by atoms with Crippen LogP contribution in [-0.2, 0) is 35.0 Å². The molecule has 5 rings (SSSR count). The number of esters is 2. The van der Waals surface area contributed by atoms with E-state index in [2.05, 4.69) is 9.88 Å². The van der Waals surface area contributed by atoms with Gasteiger partial charge < -0.3 is 24.0 Å². The van der Waals surface area contributed by atoms with Gasteiger partial charge in [-0.25, -0.2) is 14.6 Å². The number of halogens is 2. The zero-order valence-corrected chi connectivity index (χ0v) is 35.0. The van der Waals surface area contributed by atoms with Crippen LogP contribution >= 0.6 is 34.5 Å². The van der Waals surface area contributed by atoms with E-state index in [1.54, 1.807) is 29.3 Å².